The molecular formula is C25H35F5O4. The lowest BCUT2D eigenvalue weighted by Gasteiger charge is -2.09. The molecule has 0 aromatic heterocycles. The number of ether oxygens (including phenoxy) is 2. The van der Waals surface area contributed by atoms with E-state index >= 15 is 0 Å². The van der Waals surface area contributed by atoms with Crippen LogP contribution in [0, 0.1) is 29.1 Å². The van der Waals surface area contributed by atoms with Crippen LogP contribution in [0.3, 0.4) is 0 Å². The molecule has 1 aromatic rings. The van der Waals surface area contributed by atoms with Gasteiger partial charge in [-0.25, -0.2) is 13.2 Å². The fourth-order valence-electron chi connectivity index (χ4n) is 3.42. The second kappa shape index (κ2) is 17.3. The van der Waals surface area contributed by atoms with Crippen LogP contribution < -0.4 is 4.74 Å². The van der Waals surface area contributed by atoms with Crippen molar-refractivity contribution in [1.82, 2.24) is 0 Å². The summed E-state index contributed by atoms with van der Waals surface area (Å²) in [5.41, 5.74) is 0. The van der Waals surface area contributed by atoms with Crippen molar-refractivity contribution in [3.8, 4) is 5.75 Å². The van der Waals surface area contributed by atoms with Crippen LogP contribution in [0.15, 0.2) is 0 Å². The summed E-state index contributed by atoms with van der Waals surface area (Å²) in [5.74, 6) is -14.6. The van der Waals surface area contributed by atoms with Crippen molar-refractivity contribution in [3.63, 3.8) is 0 Å². The fourth-order valence-corrected chi connectivity index (χ4v) is 3.42. The highest BCUT2D eigenvalue weighted by atomic mass is 19.2. The van der Waals surface area contributed by atoms with Crippen LogP contribution >= 0.6 is 0 Å². The topological polar surface area (TPSA) is 52.6 Å². The number of esters is 2. The van der Waals surface area contributed by atoms with Crippen LogP contribution in [0.2, 0.25) is 0 Å². The van der Waals surface area contributed by atoms with Gasteiger partial charge in [-0.3, -0.25) is 9.59 Å². The lowest BCUT2D eigenvalue weighted by molar-refractivity contribution is -0.144. The van der Waals surface area contributed by atoms with Crippen LogP contribution in [0.1, 0.15) is 103 Å². The standard InChI is InChI=1S/C25H35F5O4/c1-2-3-4-5-6-7-8-9-10-11-12-13-17-33-18(31)15-14-16-19(32)34-25-23(29)21(27)20(26)22(28)24(25)30/h2-17H2,1H3. The molecule has 34 heavy (non-hydrogen) atoms. The quantitative estimate of drug-likeness (QED) is 0.0524. The minimum absolute atomic E-state index is 0.0501. The molecule has 0 saturated heterocycles. The summed E-state index contributed by atoms with van der Waals surface area (Å²) in [4.78, 5) is 23.3. The van der Waals surface area contributed by atoms with Crippen LogP contribution in [0.5, 0.6) is 5.75 Å². The van der Waals surface area contributed by atoms with Gasteiger partial charge in [-0.05, 0) is 12.8 Å². The Bertz CT molecular complexity index is 741. The van der Waals surface area contributed by atoms with Gasteiger partial charge in [0.25, 0.3) is 0 Å². The Morgan fingerprint density at radius 2 is 0.971 bits per heavy atom. The monoisotopic (exact) mass is 494 g/mol. The first-order chi connectivity index (χ1) is 16.3. The zero-order valence-corrected chi connectivity index (χ0v) is 19.8. The molecule has 0 radical (unpaired) electrons. The lowest BCUT2D eigenvalue weighted by atomic mass is 10.1. The number of unbranched alkanes of at least 4 members (excludes halogenated alkanes) is 11. The Kier molecular flexibility index (Phi) is 15.2. The average molecular weight is 495 g/mol. The normalized spacial score (nSPS) is 11.0. The fraction of sp³-hybridized carbons (Fsp3) is 0.680. The van der Waals surface area contributed by atoms with E-state index in [-0.39, 0.29) is 19.4 Å². The molecule has 0 heterocycles. The first kappa shape index (κ1) is 29.8. The Hall–Kier alpha value is -2.19. The van der Waals surface area contributed by atoms with E-state index in [0.29, 0.717) is 0 Å². The van der Waals surface area contributed by atoms with Gasteiger partial charge in [0, 0.05) is 12.8 Å². The summed E-state index contributed by atoms with van der Waals surface area (Å²) in [6.45, 7) is 2.48. The van der Waals surface area contributed by atoms with Gasteiger partial charge in [0.1, 0.15) is 0 Å². The van der Waals surface area contributed by atoms with E-state index in [1.54, 1.807) is 0 Å². The highest BCUT2D eigenvalue weighted by Crippen LogP contribution is 2.29. The number of halogens is 5. The van der Waals surface area contributed by atoms with Crippen molar-refractivity contribution in [2.45, 2.75) is 103 Å². The number of carbonyl (C=O) groups excluding carboxylic acids is 2. The Balaban J connectivity index is 2.08. The molecule has 0 aliphatic rings. The maximum absolute atomic E-state index is 13.5. The minimum atomic E-state index is -2.34. The van der Waals surface area contributed by atoms with Crippen LogP contribution in [-0.4, -0.2) is 18.5 Å². The Morgan fingerprint density at radius 1 is 0.559 bits per heavy atom. The van der Waals surface area contributed by atoms with E-state index < -0.39 is 53.2 Å². The van der Waals surface area contributed by atoms with E-state index in [9.17, 15) is 31.5 Å². The zero-order chi connectivity index (χ0) is 25.3. The third-order valence-electron chi connectivity index (χ3n) is 5.41. The largest absolute Gasteiger partial charge is 0.466 e. The van der Waals surface area contributed by atoms with Gasteiger partial charge in [0.2, 0.25) is 34.8 Å². The minimum Gasteiger partial charge on any atom is -0.466 e. The highest BCUT2D eigenvalue weighted by molar-refractivity contribution is 5.74. The number of hydrogen-bond acceptors (Lipinski definition) is 4. The smallest absolute Gasteiger partial charge is 0.311 e. The lowest BCUT2D eigenvalue weighted by Crippen LogP contribution is -2.14. The van der Waals surface area contributed by atoms with Crippen LogP contribution in [0.25, 0.3) is 0 Å². The maximum Gasteiger partial charge on any atom is 0.311 e. The van der Waals surface area contributed by atoms with Crippen molar-refractivity contribution in [1.29, 1.82) is 0 Å². The van der Waals surface area contributed by atoms with E-state index in [1.165, 1.54) is 51.4 Å². The van der Waals surface area contributed by atoms with Gasteiger partial charge in [0.15, 0.2) is 0 Å². The third-order valence-corrected chi connectivity index (χ3v) is 5.41. The molecular weight excluding hydrogens is 459 g/mol. The zero-order valence-electron chi connectivity index (χ0n) is 19.8. The third kappa shape index (κ3) is 11.3. The second-order valence-electron chi connectivity index (χ2n) is 8.34. The molecule has 0 amide bonds. The van der Waals surface area contributed by atoms with E-state index in [1.807, 2.05) is 0 Å². The predicted octanol–water partition coefficient (Wildman–Crippen LogP) is 7.70. The number of carbonyl (C=O) groups is 2. The SMILES string of the molecule is CCCCCCCCCCCCCCOC(=O)CCCC(=O)Oc1c(F)c(F)c(F)c(F)c1F. The number of hydrogen-bond donors (Lipinski definition) is 0. The van der Waals surface area contributed by atoms with Gasteiger partial charge < -0.3 is 9.47 Å². The highest BCUT2D eigenvalue weighted by Gasteiger charge is 2.28. The molecule has 0 atom stereocenters. The number of rotatable bonds is 18. The van der Waals surface area contributed by atoms with Crippen molar-refractivity contribution >= 4 is 11.9 Å². The molecule has 0 aliphatic carbocycles. The molecule has 194 valence electrons. The molecule has 0 saturated carbocycles. The van der Waals surface area contributed by atoms with Gasteiger partial charge in [-0.2, -0.15) is 8.78 Å². The average Bonchev–Trinajstić information content (AvgIpc) is 2.82. The molecule has 4 nitrogen and oxygen atoms in total. The summed E-state index contributed by atoms with van der Waals surface area (Å²) in [6, 6.07) is 0. The molecule has 0 N–H and O–H groups in total. The Labute approximate surface area is 198 Å². The Morgan fingerprint density at radius 3 is 1.47 bits per heavy atom. The van der Waals surface area contributed by atoms with Gasteiger partial charge in [-0.1, -0.05) is 77.6 Å². The molecule has 0 bridgehead atoms. The molecule has 9 heteroatoms. The van der Waals surface area contributed by atoms with E-state index in [4.69, 9.17) is 4.74 Å². The second-order valence-corrected chi connectivity index (χ2v) is 8.34. The molecule has 0 unspecified atom stereocenters. The summed E-state index contributed by atoms with van der Waals surface area (Å²) in [5, 5.41) is 0. The van der Waals surface area contributed by atoms with E-state index in [0.717, 1.165) is 25.7 Å². The maximum atomic E-state index is 13.5. The van der Waals surface area contributed by atoms with Crippen molar-refractivity contribution in [2.24, 2.45) is 0 Å². The number of benzene rings is 1. The van der Waals surface area contributed by atoms with Crippen molar-refractivity contribution < 1.29 is 41.0 Å². The molecule has 0 spiro atoms. The van der Waals surface area contributed by atoms with Crippen LogP contribution in [0.4, 0.5) is 22.0 Å². The van der Waals surface area contributed by atoms with Gasteiger partial charge >= 0.3 is 11.9 Å². The first-order valence-electron chi connectivity index (χ1n) is 12.2. The summed E-state index contributed by atoms with van der Waals surface area (Å²) >= 11 is 0. The van der Waals surface area contributed by atoms with E-state index in [2.05, 4.69) is 11.7 Å². The van der Waals surface area contributed by atoms with Gasteiger partial charge in [0.05, 0.1) is 6.61 Å². The molecule has 0 fully saturated rings. The van der Waals surface area contributed by atoms with Crippen LogP contribution in [-0.2, 0) is 14.3 Å². The first-order valence-corrected chi connectivity index (χ1v) is 12.2. The summed E-state index contributed by atoms with van der Waals surface area (Å²) in [6.07, 6.45) is 13.6. The van der Waals surface area contributed by atoms with Crippen molar-refractivity contribution in [2.75, 3.05) is 6.61 Å². The molecule has 0 aliphatic heterocycles. The predicted molar refractivity (Wildman–Crippen MR) is 118 cm³/mol. The van der Waals surface area contributed by atoms with Crippen molar-refractivity contribution in [3.05, 3.63) is 29.1 Å². The summed E-state index contributed by atoms with van der Waals surface area (Å²) < 4.78 is 75.5. The molecule has 1 rings (SSSR count). The molecule has 1 aromatic carbocycles. The summed E-state index contributed by atoms with van der Waals surface area (Å²) in [7, 11) is 0. The van der Waals surface area contributed by atoms with Gasteiger partial charge in [-0.15, -0.1) is 0 Å².